The van der Waals surface area contributed by atoms with E-state index in [1.54, 1.807) is 17.9 Å². The zero-order chi connectivity index (χ0) is 26.5. The molecule has 0 bridgehead atoms. The lowest BCUT2D eigenvalue weighted by Crippen LogP contribution is -2.42. The smallest absolute Gasteiger partial charge is 0.320 e. The van der Waals surface area contributed by atoms with Crippen molar-refractivity contribution in [3.8, 4) is 5.69 Å². The van der Waals surface area contributed by atoms with Gasteiger partial charge >= 0.3 is 6.03 Å². The number of urea groups is 1. The Balaban J connectivity index is 1.35. The summed E-state index contributed by atoms with van der Waals surface area (Å²) in [7, 11) is 1.64. The fourth-order valence-electron chi connectivity index (χ4n) is 5.41. The van der Waals surface area contributed by atoms with Crippen molar-refractivity contribution < 1.29 is 18.3 Å². The molecule has 0 saturated carbocycles. The number of hydrogen-bond acceptors (Lipinski definition) is 5. The van der Waals surface area contributed by atoms with Gasteiger partial charge in [0.05, 0.1) is 24.0 Å². The number of methoxy groups -OCH3 is 1. The lowest BCUT2D eigenvalue weighted by molar-refractivity contribution is 0.159. The third kappa shape index (κ3) is 6.03. The summed E-state index contributed by atoms with van der Waals surface area (Å²) in [6.45, 7) is 4.27. The molecule has 2 saturated heterocycles. The highest BCUT2D eigenvalue weighted by Crippen LogP contribution is 2.30. The van der Waals surface area contributed by atoms with Gasteiger partial charge in [-0.2, -0.15) is 5.10 Å². The Kier molecular flexibility index (Phi) is 8.31. The highest BCUT2D eigenvalue weighted by Gasteiger charge is 2.35. The fraction of sp³-hybridized carbons (Fsp3) is 0.429. The van der Waals surface area contributed by atoms with E-state index in [1.807, 2.05) is 36.4 Å². The minimum atomic E-state index is -0.891. The summed E-state index contributed by atoms with van der Waals surface area (Å²) in [4.78, 5) is 15.5. The molecule has 2 fully saturated rings. The van der Waals surface area contributed by atoms with Crippen molar-refractivity contribution in [2.45, 2.75) is 30.7 Å². The van der Waals surface area contributed by atoms with Crippen molar-refractivity contribution in [1.29, 1.82) is 0 Å². The zero-order valence-electron chi connectivity index (χ0n) is 21.5. The van der Waals surface area contributed by atoms with Gasteiger partial charge in [0.25, 0.3) is 0 Å². The Bertz CT molecular complexity index is 1230. The third-order valence-corrected chi connectivity index (χ3v) is 7.42. The van der Waals surface area contributed by atoms with Crippen LogP contribution in [0.5, 0.6) is 0 Å². The number of nitrogens with zero attached hydrogens (tertiary/aromatic N) is 3. The summed E-state index contributed by atoms with van der Waals surface area (Å²) in [6, 6.07) is 14.9. The molecule has 2 atom stereocenters. The molecule has 0 aliphatic carbocycles. The Morgan fingerprint density at radius 1 is 1.08 bits per heavy atom. The van der Waals surface area contributed by atoms with Gasteiger partial charge in [0.2, 0.25) is 0 Å². The number of carbonyl (C=O) groups is 1. The molecule has 38 heavy (non-hydrogen) atoms. The van der Waals surface area contributed by atoms with Crippen LogP contribution in [0.25, 0.3) is 5.69 Å². The molecule has 5 rings (SSSR count). The molecular weight excluding hydrogens is 490 g/mol. The number of likely N-dealkylation sites (tertiary alicyclic amines) is 1. The van der Waals surface area contributed by atoms with E-state index in [2.05, 4.69) is 20.9 Å². The molecule has 2 amide bonds. The maximum Gasteiger partial charge on any atom is 0.320 e. The van der Waals surface area contributed by atoms with Gasteiger partial charge in [0.1, 0.15) is 5.82 Å². The molecule has 2 aliphatic rings. The van der Waals surface area contributed by atoms with Crippen LogP contribution in [0.1, 0.15) is 35.9 Å². The molecule has 2 aromatic carbocycles. The van der Waals surface area contributed by atoms with E-state index in [-0.39, 0.29) is 18.0 Å². The monoisotopic (exact) mass is 524 g/mol. The molecule has 0 spiro atoms. The maximum atomic E-state index is 14.0. The van der Waals surface area contributed by atoms with Crippen LogP contribution in [0.15, 0.2) is 54.6 Å². The standard InChI is InChI=1S/C28H34F2N6O2/c1-38-14-13-35-17-22(20-7-8-23(29)24(30)15-20)26(18-35)32-28(37)33-27-16-25(19-9-11-31-12-10-19)34-36(27)21-5-3-2-4-6-21/h2-8,15-16,19,22,26,31H,9-14,17-18H2,1H3,(H2,32,33,37)/t22-,26+/m0/s1. The van der Waals surface area contributed by atoms with Crippen LogP contribution in [-0.4, -0.2) is 73.2 Å². The van der Waals surface area contributed by atoms with E-state index in [0.29, 0.717) is 43.5 Å². The predicted octanol–water partition coefficient (Wildman–Crippen LogP) is 3.85. The lowest BCUT2D eigenvalue weighted by atomic mass is 9.94. The number of carbonyl (C=O) groups excluding carboxylic acids is 1. The summed E-state index contributed by atoms with van der Waals surface area (Å²) in [5.74, 6) is -1.06. The number of piperidine rings is 1. The van der Waals surface area contributed by atoms with Crippen LogP contribution < -0.4 is 16.0 Å². The minimum Gasteiger partial charge on any atom is -0.383 e. The Hall–Kier alpha value is -3.34. The van der Waals surface area contributed by atoms with Crippen molar-refractivity contribution in [3.05, 3.63) is 77.5 Å². The van der Waals surface area contributed by atoms with Crippen LogP contribution in [0, 0.1) is 11.6 Å². The number of amides is 2. The third-order valence-electron chi connectivity index (χ3n) is 7.42. The first-order chi connectivity index (χ1) is 18.5. The van der Waals surface area contributed by atoms with Gasteiger partial charge in [0.15, 0.2) is 11.6 Å². The van der Waals surface area contributed by atoms with E-state index in [1.165, 1.54) is 6.07 Å². The van der Waals surface area contributed by atoms with Crippen LogP contribution in [-0.2, 0) is 4.74 Å². The van der Waals surface area contributed by atoms with E-state index in [0.717, 1.165) is 43.4 Å². The summed E-state index contributed by atoms with van der Waals surface area (Å²) >= 11 is 0. The van der Waals surface area contributed by atoms with E-state index in [4.69, 9.17) is 9.84 Å². The van der Waals surface area contributed by atoms with Crippen LogP contribution in [0.2, 0.25) is 0 Å². The number of ether oxygens (including phenoxy) is 1. The Morgan fingerprint density at radius 2 is 1.87 bits per heavy atom. The quantitative estimate of drug-likeness (QED) is 0.417. The molecule has 3 aromatic rings. The second kappa shape index (κ2) is 12.0. The van der Waals surface area contributed by atoms with Gasteiger partial charge in [-0.25, -0.2) is 18.3 Å². The Labute approximate surface area is 221 Å². The zero-order valence-corrected chi connectivity index (χ0v) is 21.5. The second-order valence-electron chi connectivity index (χ2n) is 9.96. The first-order valence-electron chi connectivity index (χ1n) is 13.1. The molecule has 202 valence electrons. The van der Waals surface area contributed by atoms with Crippen molar-refractivity contribution in [2.24, 2.45) is 0 Å². The number of hydrogen-bond donors (Lipinski definition) is 3. The normalized spacial score (nSPS) is 20.5. The topological polar surface area (TPSA) is 83.4 Å². The molecule has 0 radical (unpaired) electrons. The summed E-state index contributed by atoms with van der Waals surface area (Å²) in [5, 5.41) is 14.3. The van der Waals surface area contributed by atoms with Crippen molar-refractivity contribution in [1.82, 2.24) is 25.3 Å². The number of para-hydroxylation sites is 1. The van der Waals surface area contributed by atoms with Crippen molar-refractivity contribution in [2.75, 3.05) is 51.8 Å². The van der Waals surface area contributed by atoms with Crippen molar-refractivity contribution in [3.63, 3.8) is 0 Å². The van der Waals surface area contributed by atoms with E-state index >= 15 is 0 Å². The highest BCUT2D eigenvalue weighted by atomic mass is 19.2. The van der Waals surface area contributed by atoms with Crippen LogP contribution in [0.3, 0.4) is 0 Å². The number of nitrogens with one attached hydrogen (secondary N) is 3. The number of benzene rings is 2. The summed E-state index contributed by atoms with van der Waals surface area (Å²) in [5.41, 5.74) is 2.46. The number of aromatic nitrogens is 2. The average molecular weight is 525 g/mol. The number of anilines is 1. The minimum absolute atomic E-state index is 0.197. The maximum absolute atomic E-state index is 14.0. The molecular formula is C28H34F2N6O2. The fourth-order valence-corrected chi connectivity index (χ4v) is 5.41. The van der Waals surface area contributed by atoms with Gasteiger partial charge in [-0.1, -0.05) is 24.3 Å². The number of rotatable bonds is 8. The first-order valence-corrected chi connectivity index (χ1v) is 13.1. The van der Waals surface area contributed by atoms with E-state index < -0.39 is 11.6 Å². The predicted molar refractivity (Wildman–Crippen MR) is 142 cm³/mol. The molecule has 8 nitrogen and oxygen atoms in total. The average Bonchev–Trinajstić information content (AvgIpc) is 3.54. The van der Waals surface area contributed by atoms with Gasteiger partial charge in [0, 0.05) is 44.6 Å². The molecule has 2 aliphatic heterocycles. The molecule has 1 aromatic heterocycles. The number of halogens is 2. The van der Waals surface area contributed by atoms with Gasteiger partial charge in [-0.15, -0.1) is 0 Å². The van der Waals surface area contributed by atoms with E-state index in [9.17, 15) is 13.6 Å². The van der Waals surface area contributed by atoms with Gasteiger partial charge in [-0.05, 0) is 55.8 Å². The van der Waals surface area contributed by atoms with Crippen LogP contribution >= 0.6 is 0 Å². The molecule has 10 heteroatoms. The SMILES string of the molecule is COCCN1C[C@@H](NC(=O)Nc2cc(C3CCNCC3)nn2-c2ccccc2)[C@H](c2ccc(F)c(F)c2)C1. The van der Waals surface area contributed by atoms with Gasteiger partial charge < -0.3 is 15.4 Å². The highest BCUT2D eigenvalue weighted by molar-refractivity contribution is 5.89. The summed E-state index contributed by atoms with van der Waals surface area (Å²) < 4.78 is 34.6. The Morgan fingerprint density at radius 3 is 2.61 bits per heavy atom. The second-order valence-corrected chi connectivity index (χ2v) is 9.96. The van der Waals surface area contributed by atoms with Crippen molar-refractivity contribution >= 4 is 11.8 Å². The molecule has 3 heterocycles. The first kappa shape index (κ1) is 26.3. The largest absolute Gasteiger partial charge is 0.383 e. The summed E-state index contributed by atoms with van der Waals surface area (Å²) in [6.07, 6.45) is 1.99. The van der Waals surface area contributed by atoms with Gasteiger partial charge in [-0.3, -0.25) is 10.2 Å². The lowest BCUT2D eigenvalue weighted by Gasteiger charge is -2.21. The van der Waals surface area contributed by atoms with Crippen LogP contribution in [0.4, 0.5) is 19.4 Å². The molecule has 0 unspecified atom stereocenters. The molecule has 3 N–H and O–H groups in total.